The quantitative estimate of drug-likeness (QED) is 0.746. The van der Waals surface area contributed by atoms with E-state index in [2.05, 4.69) is 9.71 Å². The lowest BCUT2D eigenvalue weighted by Crippen LogP contribution is -2.26. The van der Waals surface area contributed by atoms with E-state index in [1.165, 1.54) is 18.2 Å². The maximum Gasteiger partial charge on any atom is 0.284 e. The molecule has 1 aromatic heterocycles. The van der Waals surface area contributed by atoms with Gasteiger partial charge in [-0.05, 0) is 59.5 Å². The van der Waals surface area contributed by atoms with Gasteiger partial charge in [-0.25, -0.2) is 0 Å². The highest BCUT2D eigenvalue weighted by Gasteiger charge is 2.18. The Morgan fingerprint density at radius 2 is 2.11 bits per heavy atom. The largest absolute Gasteiger partial charge is 0.362 e. The lowest BCUT2D eigenvalue weighted by molar-refractivity contribution is -0.111. The highest BCUT2D eigenvalue weighted by molar-refractivity contribution is 7.90. The molecule has 1 saturated heterocycles. The number of carbonyl (C=O) groups excluding carboxylic acids is 1. The van der Waals surface area contributed by atoms with Crippen molar-refractivity contribution >= 4 is 44.9 Å². The fourth-order valence-corrected chi connectivity index (χ4v) is 4.66. The molecule has 2 heterocycles. The molecule has 1 aliphatic heterocycles. The summed E-state index contributed by atoms with van der Waals surface area (Å²) in [7, 11) is -1.97. The molecule has 1 fully saturated rings. The molecule has 0 saturated carbocycles. The zero-order valence-electron chi connectivity index (χ0n) is 15.7. The Morgan fingerprint density at radius 1 is 1.25 bits per heavy atom. The van der Waals surface area contributed by atoms with Crippen LogP contribution in [0.15, 0.2) is 56.5 Å². The second kappa shape index (κ2) is 9.16. The molecule has 6 nitrogen and oxygen atoms in total. The van der Waals surface area contributed by atoms with Crippen molar-refractivity contribution in [1.82, 2.24) is 4.90 Å². The number of benzene rings is 1. The first-order valence-corrected chi connectivity index (χ1v) is 11.5. The topological polar surface area (TPSA) is 78.8 Å². The van der Waals surface area contributed by atoms with Crippen LogP contribution in [0.25, 0.3) is 6.08 Å². The minimum atomic E-state index is -3.84. The highest BCUT2D eigenvalue weighted by Crippen LogP contribution is 2.20. The Kier molecular flexibility index (Phi) is 6.64. The van der Waals surface area contributed by atoms with Crippen LogP contribution in [0.3, 0.4) is 0 Å². The van der Waals surface area contributed by atoms with Gasteiger partial charge in [0, 0.05) is 31.8 Å². The number of rotatable bonds is 5. The van der Waals surface area contributed by atoms with E-state index in [0.29, 0.717) is 17.9 Å². The van der Waals surface area contributed by atoms with Crippen LogP contribution in [0.2, 0.25) is 0 Å². The molecule has 8 heteroatoms. The Morgan fingerprint density at radius 3 is 2.89 bits per heavy atom. The molecular formula is C20H23N3O3S2. The number of thiophene rings is 1. The molecule has 1 aliphatic rings. The second-order valence-corrected chi connectivity index (χ2v) is 9.01. The van der Waals surface area contributed by atoms with Gasteiger partial charge in [0.15, 0.2) is 0 Å². The fraction of sp³-hybridized carbons (Fsp3) is 0.300. The minimum absolute atomic E-state index is 0.0669. The normalized spacial score (nSPS) is 17.0. The van der Waals surface area contributed by atoms with Gasteiger partial charge in [0.05, 0.1) is 4.90 Å². The van der Waals surface area contributed by atoms with E-state index < -0.39 is 10.0 Å². The van der Waals surface area contributed by atoms with Crippen molar-refractivity contribution in [3.63, 3.8) is 0 Å². The average Bonchev–Trinajstić information content (AvgIpc) is 3.11. The van der Waals surface area contributed by atoms with Crippen LogP contribution in [0, 0.1) is 0 Å². The predicted octanol–water partition coefficient (Wildman–Crippen LogP) is 3.99. The molecule has 28 heavy (non-hydrogen) atoms. The Balaban J connectivity index is 1.75. The van der Waals surface area contributed by atoms with Gasteiger partial charge in [0.2, 0.25) is 5.91 Å². The van der Waals surface area contributed by atoms with Gasteiger partial charge in [0.1, 0.15) is 5.84 Å². The van der Waals surface area contributed by atoms with Gasteiger partial charge in [-0.3, -0.25) is 4.79 Å². The maximum absolute atomic E-state index is 12.7. The summed E-state index contributed by atoms with van der Waals surface area (Å²) in [5.41, 5.74) is 1.36. The standard InChI is InChI=1S/C20H23N3O3S2/c1-23-12-4-2-3-8-19(23)22-28(25,26)18-7-5-6-17(14-18)21-20(24)10-9-16-11-13-27-15-16/h5-7,9-11,13-15H,2-4,8,12H2,1H3,(H,21,24)/b10-9+,22-19+. The van der Waals surface area contributed by atoms with Crippen LogP contribution in [0.5, 0.6) is 0 Å². The number of hydrogen-bond donors (Lipinski definition) is 1. The Labute approximate surface area is 169 Å². The van der Waals surface area contributed by atoms with E-state index in [0.717, 1.165) is 31.4 Å². The average molecular weight is 418 g/mol. The minimum Gasteiger partial charge on any atom is -0.362 e. The third kappa shape index (κ3) is 5.53. The molecule has 1 N–H and O–H groups in total. The summed E-state index contributed by atoms with van der Waals surface area (Å²) in [6.07, 6.45) is 6.83. The number of sulfonamides is 1. The first-order chi connectivity index (χ1) is 13.4. The monoisotopic (exact) mass is 417 g/mol. The zero-order chi connectivity index (χ0) is 20.0. The van der Waals surface area contributed by atoms with E-state index in [-0.39, 0.29) is 10.8 Å². The molecule has 1 amide bonds. The van der Waals surface area contributed by atoms with Crippen LogP contribution < -0.4 is 5.32 Å². The molecule has 0 aliphatic carbocycles. The number of nitrogens with one attached hydrogen (secondary N) is 1. The van der Waals surface area contributed by atoms with Crippen molar-refractivity contribution in [2.75, 3.05) is 18.9 Å². The van der Waals surface area contributed by atoms with Gasteiger partial charge in [-0.1, -0.05) is 12.5 Å². The molecule has 0 unspecified atom stereocenters. The lowest BCUT2D eigenvalue weighted by atomic mass is 10.2. The van der Waals surface area contributed by atoms with Crippen molar-refractivity contribution in [3.8, 4) is 0 Å². The van der Waals surface area contributed by atoms with Crippen LogP contribution in [0.4, 0.5) is 5.69 Å². The summed E-state index contributed by atoms with van der Waals surface area (Å²) < 4.78 is 29.5. The van der Waals surface area contributed by atoms with Gasteiger partial charge in [-0.2, -0.15) is 19.8 Å². The molecular weight excluding hydrogens is 394 g/mol. The smallest absolute Gasteiger partial charge is 0.284 e. The Hall–Kier alpha value is -2.45. The number of anilines is 1. The number of nitrogens with zero attached hydrogens (tertiary/aromatic N) is 2. The molecule has 0 radical (unpaired) electrons. The number of hydrogen-bond acceptors (Lipinski definition) is 4. The van der Waals surface area contributed by atoms with E-state index in [1.54, 1.807) is 29.5 Å². The van der Waals surface area contributed by atoms with Crippen molar-refractivity contribution in [2.24, 2.45) is 4.40 Å². The molecule has 2 aromatic rings. The number of amides is 1. The van der Waals surface area contributed by atoms with E-state index >= 15 is 0 Å². The molecule has 1 aromatic carbocycles. The van der Waals surface area contributed by atoms with E-state index in [1.807, 2.05) is 28.8 Å². The highest BCUT2D eigenvalue weighted by atomic mass is 32.2. The third-order valence-electron chi connectivity index (χ3n) is 4.43. The number of likely N-dealkylation sites (tertiary alicyclic amines) is 1. The summed E-state index contributed by atoms with van der Waals surface area (Å²) in [5.74, 6) is 0.265. The molecule has 3 rings (SSSR count). The predicted molar refractivity (Wildman–Crippen MR) is 114 cm³/mol. The molecule has 148 valence electrons. The van der Waals surface area contributed by atoms with Gasteiger partial charge in [-0.15, -0.1) is 4.40 Å². The number of carbonyl (C=O) groups is 1. The third-order valence-corrected chi connectivity index (χ3v) is 6.43. The van der Waals surface area contributed by atoms with Crippen molar-refractivity contribution in [2.45, 2.75) is 30.6 Å². The van der Waals surface area contributed by atoms with Crippen molar-refractivity contribution in [1.29, 1.82) is 0 Å². The summed E-state index contributed by atoms with van der Waals surface area (Å²) in [5, 5.41) is 6.55. The summed E-state index contributed by atoms with van der Waals surface area (Å²) in [6.45, 7) is 0.806. The van der Waals surface area contributed by atoms with Gasteiger partial charge >= 0.3 is 0 Å². The van der Waals surface area contributed by atoms with E-state index in [9.17, 15) is 13.2 Å². The first kappa shape index (κ1) is 20.3. The van der Waals surface area contributed by atoms with Crippen molar-refractivity contribution in [3.05, 3.63) is 52.7 Å². The molecule has 0 spiro atoms. The van der Waals surface area contributed by atoms with Crippen LogP contribution in [-0.4, -0.2) is 38.7 Å². The lowest BCUT2D eigenvalue weighted by Gasteiger charge is -2.17. The molecule has 0 bridgehead atoms. The summed E-state index contributed by atoms with van der Waals surface area (Å²) in [4.78, 5) is 14.1. The van der Waals surface area contributed by atoms with Crippen LogP contribution >= 0.6 is 11.3 Å². The Bertz CT molecular complexity index is 980. The van der Waals surface area contributed by atoms with Gasteiger partial charge < -0.3 is 10.2 Å². The number of amidine groups is 1. The summed E-state index contributed by atoms with van der Waals surface area (Å²) in [6, 6.07) is 8.09. The van der Waals surface area contributed by atoms with E-state index in [4.69, 9.17) is 0 Å². The summed E-state index contributed by atoms with van der Waals surface area (Å²) >= 11 is 1.55. The van der Waals surface area contributed by atoms with Crippen LogP contribution in [-0.2, 0) is 14.8 Å². The van der Waals surface area contributed by atoms with Crippen molar-refractivity contribution < 1.29 is 13.2 Å². The zero-order valence-corrected chi connectivity index (χ0v) is 17.3. The fourth-order valence-electron chi connectivity index (χ4n) is 2.90. The SMILES string of the molecule is CN1CCCCC/C1=N\S(=O)(=O)c1cccc(NC(=O)/C=C/c2ccsc2)c1. The first-order valence-electron chi connectivity index (χ1n) is 9.10. The second-order valence-electron chi connectivity index (χ2n) is 6.62. The van der Waals surface area contributed by atoms with Crippen LogP contribution in [0.1, 0.15) is 31.2 Å². The van der Waals surface area contributed by atoms with Gasteiger partial charge in [0.25, 0.3) is 10.0 Å². The molecule has 0 atom stereocenters. The maximum atomic E-state index is 12.7.